The Balaban J connectivity index is 1.92. The van der Waals surface area contributed by atoms with Gasteiger partial charge in [0.05, 0.1) is 0 Å². The van der Waals surface area contributed by atoms with Crippen molar-refractivity contribution in [1.82, 2.24) is 15.3 Å². The highest BCUT2D eigenvalue weighted by Crippen LogP contribution is 2.11. The Morgan fingerprint density at radius 2 is 2.14 bits per heavy atom. The van der Waals surface area contributed by atoms with Crippen LogP contribution < -0.4 is 5.32 Å². The first-order chi connectivity index (χ1) is 6.84. The molecule has 0 amide bonds. The fourth-order valence-electron chi connectivity index (χ4n) is 1.91. The quantitative estimate of drug-likeness (QED) is 0.769. The second-order valence-electron chi connectivity index (χ2n) is 3.99. The van der Waals surface area contributed by atoms with E-state index < -0.39 is 0 Å². The summed E-state index contributed by atoms with van der Waals surface area (Å²) in [5.74, 6) is 0.852. The van der Waals surface area contributed by atoms with Gasteiger partial charge in [0.1, 0.15) is 5.82 Å². The minimum absolute atomic E-state index is 0.634. The normalized spacial score (nSPS) is 22.2. The molecular weight excluding hydrogens is 174 g/mol. The maximum atomic E-state index is 4.21. The lowest BCUT2D eigenvalue weighted by atomic mass is 9.99. The van der Waals surface area contributed by atoms with Crippen molar-refractivity contribution in [3.8, 4) is 0 Å². The first kappa shape index (κ1) is 9.59. The summed E-state index contributed by atoms with van der Waals surface area (Å²) in [4.78, 5) is 8.41. The molecule has 76 valence electrons. The lowest BCUT2D eigenvalue weighted by molar-refractivity contribution is 0.399. The van der Waals surface area contributed by atoms with Crippen LogP contribution in [0, 0.1) is 6.92 Å². The van der Waals surface area contributed by atoms with Gasteiger partial charge in [0.25, 0.3) is 0 Å². The predicted octanol–water partition coefficient (Wildman–Crippen LogP) is 1.47. The molecule has 1 aliphatic heterocycles. The largest absolute Gasteiger partial charge is 0.314 e. The fraction of sp³-hybridized carbons (Fsp3) is 0.636. The zero-order valence-electron chi connectivity index (χ0n) is 8.66. The molecule has 1 unspecified atom stereocenters. The Hall–Kier alpha value is -0.960. The van der Waals surface area contributed by atoms with E-state index in [1.165, 1.54) is 24.8 Å². The van der Waals surface area contributed by atoms with Crippen molar-refractivity contribution < 1.29 is 0 Å². The zero-order valence-corrected chi connectivity index (χ0v) is 8.66. The van der Waals surface area contributed by atoms with Crippen LogP contribution in [0.5, 0.6) is 0 Å². The van der Waals surface area contributed by atoms with Crippen LogP contribution in [0.1, 0.15) is 30.7 Å². The number of hydrogen-bond donors (Lipinski definition) is 1. The predicted molar refractivity (Wildman–Crippen MR) is 56.1 cm³/mol. The van der Waals surface area contributed by atoms with Crippen molar-refractivity contribution in [3.63, 3.8) is 0 Å². The Morgan fingerprint density at radius 3 is 2.79 bits per heavy atom. The van der Waals surface area contributed by atoms with Gasteiger partial charge in [0.15, 0.2) is 0 Å². The lowest BCUT2D eigenvalue weighted by Crippen LogP contribution is -2.35. The summed E-state index contributed by atoms with van der Waals surface area (Å²) in [6.07, 6.45) is 8.91. The van der Waals surface area contributed by atoms with Crippen LogP contribution in [0.25, 0.3) is 0 Å². The van der Waals surface area contributed by atoms with E-state index in [0.717, 1.165) is 18.8 Å². The summed E-state index contributed by atoms with van der Waals surface area (Å²) in [5.41, 5.74) is 1.25. The molecule has 1 N–H and O–H groups in total. The molecule has 1 fully saturated rings. The lowest BCUT2D eigenvalue weighted by Gasteiger charge is -2.23. The van der Waals surface area contributed by atoms with Crippen LogP contribution in [-0.4, -0.2) is 22.6 Å². The SMILES string of the molecule is Cc1ncc(CC2CCCCN2)cn1. The van der Waals surface area contributed by atoms with Crippen LogP contribution in [0.15, 0.2) is 12.4 Å². The molecule has 0 saturated carbocycles. The van der Waals surface area contributed by atoms with Crippen molar-refractivity contribution in [2.45, 2.75) is 38.6 Å². The molecule has 1 aromatic heterocycles. The zero-order chi connectivity index (χ0) is 9.80. The van der Waals surface area contributed by atoms with E-state index in [1.54, 1.807) is 0 Å². The van der Waals surface area contributed by atoms with E-state index >= 15 is 0 Å². The maximum absolute atomic E-state index is 4.21. The summed E-state index contributed by atoms with van der Waals surface area (Å²) in [5, 5.41) is 3.53. The third-order valence-corrected chi connectivity index (χ3v) is 2.73. The van der Waals surface area contributed by atoms with Crippen molar-refractivity contribution >= 4 is 0 Å². The van der Waals surface area contributed by atoms with Gasteiger partial charge in [-0.3, -0.25) is 0 Å². The number of piperidine rings is 1. The van der Waals surface area contributed by atoms with E-state index in [1.807, 2.05) is 19.3 Å². The molecule has 0 aromatic carbocycles. The molecule has 1 aliphatic rings. The molecule has 0 spiro atoms. The summed E-state index contributed by atoms with van der Waals surface area (Å²) in [7, 11) is 0. The third-order valence-electron chi connectivity index (χ3n) is 2.73. The highest BCUT2D eigenvalue weighted by molar-refractivity contribution is 5.07. The van der Waals surface area contributed by atoms with Gasteiger partial charge >= 0.3 is 0 Å². The summed E-state index contributed by atoms with van der Waals surface area (Å²) in [6.45, 7) is 3.08. The highest BCUT2D eigenvalue weighted by Gasteiger charge is 2.12. The molecule has 3 nitrogen and oxygen atoms in total. The average Bonchev–Trinajstić information content (AvgIpc) is 2.23. The number of aryl methyl sites for hydroxylation is 1. The van der Waals surface area contributed by atoms with Crippen LogP contribution in [0.2, 0.25) is 0 Å². The minimum Gasteiger partial charge on any atom is -0.314 e. The fourth-order valence-corrected chi connectivity index (χ4v) is 1.91. The van der Waals surface area contributed by atoms with E-state index in [2.05, 4.69) is 15.3 Å². The van der Waals surface area contributed by atoms with Crippen LogP contribution in [0.4, 0.5) is 0 Å². The van der Waals surface area contributed by atoms with Crippen molar-refractivity contribution in [2.75, 3.05) is 6.54 Å². The molecule has 1 saturated heterocycles. The van der Waals surface area contributed by atoms with Crippen molar-refractivity contribution in [1.29, 1.82) is 0 Å². The van der Waals surface area contributed by atoms with Gasteiger partial charge in [-0.15, -0.1) is 0 Å². The Morgan fingerprint density at radius 1 is 1.36 bits per heavy atom. The average molecular weight is 191 g/mol. The number of nitrogens with zero attached hydrogens (tertiary/aromatic N) is 2. The van der Waals surface area contributed by atoms with Gasteiger partial charge in [0, 0.05) is 18.4 Å². The van der Waals surface area contributed by atoms with Gasteiger partial charge in [0.2, 0.25) is 0 Å². The summed E-state index contributed by atoms with van der Waals surface area (Å²) < 4.78 is 0. The molecule has 0 bridgehead atoms. The number of rotatable bonds is 2. The minimum atomic E-state index is 0.634. The first-order valence-electron chi connectivity index (χ1n) is 5.35. The van der Waals surface area contributed by atoms with Crippen molar-refractivity contribution in [2.24, 2.45) is 0 Å². The molecule has 3 heteroatoms. The van der Waals surface area contributed by atoms with Crippen LogP contribution in [0.3, 0.4) is 0 Å². The van der Waals surface area contributed by atoms with Gasteiger partial charge in [-0.2, -0.15) is 0 Å². The molecule has 14 heavy (non-hydrogen) atoms. The van der Waals surface area contributed by atoms with E-state index in [0.29, 0.717) is 6.04 Å². The van der Waals surface area contributed by atoms with Gasteiger partial charge in [-0.05, 0) is 38.3 Å². The highest BCUT2D eigenvalue weighted by atomic mass is 14.9. The summed E-state index contributed by atoms with van der Waals surface area (Å²) >= 11 is 0. The van der Waals surface area contributed by atoms with Gasteiger partial charge in [-0.25, -0.2) is 9.97 Å². The van der Waals surface area contributed by atoms with E-state index in [9.17, 15) is 0 Å². The van der Waals surface area contributed by atoms with E-state index in [4.69, 9.17) is 0 Å². The molecular formula is C11H17N3. The molecule has 1 atom stereocenters. The van der Waals surface area contributed by atoms with Gasteiger partial charge < -0.3 is 5.32 Å². The molecule has 2 rings (SSSR count). The third kappa shape index (κ3) is 2.51. The monoisotopic (exact) mass is 191 g/mol. The number of hydrogen-bond acceptors (Lipinski definition) is 3. The maximum Gasteiger partial charge on any atom is 0.125 e. The topological polar surface area (TPSA) is 37.8 Å². The second-order valence-corrected chi connectivity index (χ2v) is 3.99. The smallest absolute Gasteiger partial charge is 0.125 e. The number of nitrogens with one attached hydrogen (secondary N) is 1. The Labute approximate surface area is 85.0 Å². The van der Waals surface area contributed by atoms with Crippen LogP contribution >= 0.6 is 0 Å². The Kier molecular flexibility index (Phi) is 3.09. The van der Waals surface area contributed by atoms with Crippen LogP contribution in [-0.2, 0) is 6.42 Å². The molecule has 2 heterocycles. The Bertz CT molecular complexity index is 275. The van der Waals surface area contributed by atoms with Gasteiger partial charge in [-0.1, -0.05) is 6.42 Å². The molecule has 0 radical (unpaired) electrons. The van der Waals surface area contributed by atoms with Crippen molar-refractivity contribution in [3.05, 3.63) is 23.8 Å². The molecule has 0 aliphatic carbocycles. The standard InChI is InChI=1S/C11H17N3/c1-9-13-7-10(8-14-9)6-11-4-2-3-5-12-11/h7-8,11-12H,2-6H2,1H3. The summed E-state index contributed by atoms with van der Waals surface area (Å²) in [6, 6.07) is 0.634. The first-order valence-corrected chi connectivity index (χ1v) is 5.35. The second kappa shape index (κ2) is 4.51. The van der Waals surface area contributed by atoms with E-state index in [-0.39, 0.29) is 0 Å². The number of aromatic nitrogens is 2. The molecule has 1 aromatic rings.